The van der Waals surface area contributed by atoms with Crippen molar-refractivity contribution in [2.45, 2.75) is 6.54 Å². The van der Waals surface area contributed by atoms with Gasteiger partial charge in [0, 0.05) is 17.8 Å². The summed E-state index contributed by atoms with van der Waals surface area (Å²) in [6, 6.07) is 7.97. The smallest absolute Gasteiger partial charge is 0.335 e. The van der Waals surface area contributed by atoms with Crippen molar-refractivity contribution in [1.29, 1.82) is 0 Å². The van der Waals surface area contributed by atoms with Gasteiger partial charge in [-0.15, -0.1) is 0 Å². The minimum Gasteiger partial charge on any atom is -0.478 e. The van der Waals surface area contributed by atoms with Gasteiger partial charge in [-0.1, -0.05) is 0 Å². The maximum absolute atomic E-state index is 13.6. The highest BCUT2D eigenvalue weighted by molar-refractivity contribution is 9.10. The summed E-state index contributed by atoms with van der Waals surface area (Å²) in [6.45, 7) is 0.0635. The number of hydrogen-bond donors (Lipinski definition) is 2. The van der Waals surface area contributed by atoms with Crippen LogP contribution in [-0.4, -0.2) is 11.1 Å². The van der Waals surface area contributed by atoms with E-state index in [9.17, 15) is 13.6 Å². The Hall–Kier alpha value is -1.95. The molecule has 0 heterocycles. The first-order chi connectivity index (χ1) is 9.47. The van der Waals surface area contributed by atoms with Crippen molar-refractivity contribution >= 4 is 27.6 Å². The molecule has 2 aromatic carbocycles. The van der Waals surface area contributed by atoms with Gasteiger partial charge in [0.15, 0.2) is 0 Å². The molecule has 3 nitrogen and oxygen atoms in total. The van der Waals surface area contributed by atoms with Gasteiger partial charge in [-0.2, -0.15) is 0 Å². The molecule has 0 saturated carbocycles. The van der Waals surface area contributed by atoms with Crippen LogP contribution in [0.5, 0.6) is 0 Å². The van der Waals surface area contributed by atoms with Gasteiger partial charge in [-0.05, 0) is 52.3 Å². The Morgan fingerprint density at radius 3 is 2.55 bits per heavy atom. The second-order valence-corrected chi connectivity index (χ2v) is 4.95. The first kappa shape index (κ1) is 14.5. The Morgan fingerprint density at radius 2 is 1.90 bits per heavy atom. The number of carboxylic acid groups (broad SMARTS) is 1. The fourth-order valence-corrected chi connectivity index (χ4v) is 1.89. The highest BCUT2D eigenvalue weighted by Crippen LogP contribution is 2.20. The summed E-state index contributed by atoms with van der Waals surface area (Å²) in [7, 11) is 0. The predicted octanol–water partition coefficient (Wildman–Crippen LogP) is 4.04. The number of halogens is 3. The van der Waals surface area contributed by atoms with Gasteiger partial charge in [-0.25, -0.2) is 13.6 Å². The van der Waals surface area contributed by atoms with Crippen LogP contribution in [0, 0.1) is 11.6 Å². The third kappa shape index (κ3) is 3.33. The summed E-state index contributed by atoms with van der Waals surface area (Å²) in [5.74, 6) is -2.07. The number of rotatable bonds is 4. The van der Waals surface area contributed by atoms with E-state index >= 15 is 0 Å². The van der Waals surface area contributed by atoms with Crippen LogP contribution in [0.25, 0.3) is 0 Å². The minimum atomic E-state index is -1.12. The maximum atomic E-state index is 13.6. The lowest BCUT2D eigenvalue weighted by molar-refractivity contribution is 0.0696. The van der Waals surface area contributed by atoms with E-state index in [0.717, 1.165) is 6.07 Å². The SMILES string of the molecule is O=C(O)c1ccc(F)c(CNc2ccc(Br)c(F)c2)c1. The zero-order chi connectivity index (χ0) is 14.7. The maximum Gasteiger partial charge on any atom is 0.335 e. The van der Waals surface area contributed by atoms with Crippen LogP contribution in [0.1, 0.15) is 15.9 Å². The number of hydrogen-bond acceptors (Lipinski definition) is 2. The Bertz CT molecular complexity index is 662. The standard InChI is InChI=1S/C14H10BrF2NO2/c15-11-3-2-10(6-13(11)17)18-7-9-5-8(14(19)20)1-4-12(9)16/h1-6,18H,7H2,(H,19,20). The minimum absolute atomic E-state index is 0.00480. The second-order valence-electron chi connectivity index (χ2n) is 4.09. The number of carboxylic acids is 1. The lowest BCUT2D eigenvalue weighted by Gasteiger charge is -2.09. The molecular weight excluding hydrogens is 332 g/mol. The summed E-state index contributed by atoms with van der Waals surface area (Å²) >= 11 is 3.03. The largest absolute Gasteiger partial charge is 0.478 e. The Balaban J connectivity index is 2.15. The van der Waals surface area contributed by atoms with E-state index in [4.69, 9.17) is 5.11 Å². The molecule has 0 fully saturated rings. The van der Waals surface area contributed by atoms with Crippen molar-refractivity contribution in [3.8, 4) is 0 Å². The molecule has 104 valence electrons. The lowest BCUT2D eigenvalue weighted by atomic mass is 10.1. The fourth-order valence-electron chi connectivity index (χ4n) is 1.65. The van der Waals surface area contributed by atoms with E-state index in [0.29, 0.717) is 10.2 Å². The molecule has 0 bridgehead atoms. The quantitative estimate of drug-likeness (QED) is 0.882. The van der Waals surface area contributed by atoms with E-state index in [1.54, 1.807) is 6.07 Å². The normalized spacial score (nSPS) is 10.3. The fraction of sp³-hybridized carbons (Fsp3) is 0.0714. The molecule has 0 unspecified atom stereocenters. The van der Waals surface area contributed by atoms with Crippen molar-refractivity contribution in [3.05, 3.63) is 63.6 Å². The number of nitrogens with one attached hydrogen (secondary N) is 1. The van der Waals surface area contributed by atoms with Crippen LogP contribution in [0.3, 0.4) is 0 Å². The second kappa shape index (κ2) is 6.00. The molecule has 6 heteroatoms. The highest BCUT2D eigenvalue weighted by atomic mass is 79.9. The summed E-state index contributed by atoms with van der Waals surface area (Å²) in [6.07, 6.45) is 0. The summed E-state index contributed by atoms with van der Waals surface area (Å²) < 4.78 is 27.2. The number of benzene rings is 2. The van der Waals surface area contributed by atoms with Crippen molar-refractivity contribution in [3.63, 3.8) is 0 Å². The van der Waals surface area contributed by atoms with Crippen LogP contribution in [-0.2, 0) is 6.54 Å². The zero-order valence-electron chi connectivity index (χ0n) is 10.2. The molecule has 0 aromatic heterocycles. The molecule has 2 rings (SSSR count). The van der Waals surface area contributed by atoms with Gasteiger partial charge in [0.25, 0.3) is 0 Å². The van der Waals surface area contributed by atoms with Crippen LogP contribution in [0.2, 0.25) is 0 Å². The van der Waals surface area contributed by atoms with E-state index < -0.39 is 17.6 Å². The molecule has 0 radical (unpaired) electrons. The Morgan fingerprint density at radius 1 is 1.15 bits per heavy atom. The Labute approximate surface area is 122 Å². The molecule has 0 amide bonds. The number of anilines is 1. The molecule has 0 spiro atoms. The van der Waals surface area contributed by atoms with Crippen molar-refractivity contribution in [2.75, 3.05) is 5.32 Å². The highest BCUT2D eigenvalue weighted by Gasteiger charge is 2.08. The number of carbonyl (C=O) groups is 1. The van der Waals surface area contributed by atoms with E-state index in [1.165, 1.54) is 24.3 Å². The van der Waals surface area contributed by atoms with Gasteiger partial charge in [0.05, 0.1) is 10.0 Å². The average Bonchev–Trinajstić information content (AvgIpc) is 2.41. The van der Waals surface area contributed by atoms with E-state index in [2.05, 4.69) is 21.2 Å². The summed E-state index contributed by atoms with van der Waals surface area (Å²) in [4.78, 5) is 10.8. The van der Waals surface area contributed by atoms with Crippen LogP contribution < -0.4 is 5.32 Å². The lowest BCUT2D eigenvalue weighted by Crippen LogP contribution is -2.05. The predicted molar refractivity (Wildman–Crippen MR) is 74.8 cm³/mol. The van der Waals surface area contributed by atoms with Gasteiger partial charge in [0.1, 0.15) is 11.6 Å². The van der Waals surface area contributed by atoms with Crippen LogP contribution in [0.15, 0.2) is 40.9 Å². The third-order valence-electron chi connectivity index (χ3n) is 2.70. The van der Waals surface area contributed by atoms with Gasteiger partial charge >= 0.3 is 5.97 Å². The third-order valence-corrected chi connectivity index (χ3v) is 3.34. The summed E-state index contributed by atoms with van der Waals surface area (Å²) in [5, 5.41) is 11.7. The molecule has 0 aliphatic rings. The first-order valence-electron chi connectivity index (χ1n) is 5.68. The first-order valence-corrected chi connectivity index (χ1v) is 6.47. The van der Waals surface area contributed by atoms with Crippen molar-refractivity contribution in [1.82, 2.24) is 0 Å². The topological polar surface area (TPSA) is 49.3 Å². The molecule has 2 N–H and O–H groups in total. The van der Waals surface area contributed by atoms with Crippen molar-refractivity contribution < 1.29 is 18.7 Å². The van der Waals surface area contributed by atoms with E-state index in [-0.39, 0.29) is 17.7 Å². The molecular formula is C14H10BrF2NO2. The zero-order valence-corrected chi connectivity index (χ0v) is 11.7. The van der Waals surface area contributed by atoms with Crippen LogP contribution in [0.4, 0.5) is 14.5 Å². The molecule has 2 aromatic rings. The number of aromatic carboxylic acids is 1. The molecule has 0 saturated heterocycles. The van der Waals surface area contributed by atoms with E-state index in [1.807, 2.05) is 0 Å². The van der Waals surface area contributed by atoms with Crippen molar-refractivity contribution in [2.24, 2.45) is 0 Å². The monoisotopic (exact) mass is 341 g/mol. The molecule has 20 heavy (non-hydrogen) atoms. The molecule has 0 aliphatic carbocycles. The summed E-state index contributed by atoms with van der Waals surface area (Å²) in [5.41, 5.74) is 0.684. The molecule has 0 atom stereocenters. The van der Waals surface area contributed by atoms with Gasteiger partial charge < -0.3 is 10.4 Å². The van der Waals surface area contributed by atoms with Gasteiger partial charge in [-0.3, -0.25) is 0 Å². The Kier molecular flexibility index (Phi) is 4.34. The van der Waals surface area contributed by atoms with Gasteiger partial charge in [0.2, 0.25) is 0 Å². The van der Waals surface area contributed by atoms with Crippen LogP contribution >= 0.6 is 15.9 Å². The molecule has 0 aliphatic heterocycles. The average molecular weight is 342 g/mol.